The van der Waals surface area contributed by atoms with E-state index in [1.807, 2.05) is 6.92 Å². The molecule has 0 aliphatic carbocycles. The monoisotopic (exact) mass is 364 g/mol. The van der Waals surface area contributed by atoms with Gasteiger partial charge in [-0.25, -0.2) is 9.97 Å². The Kier molecular flexibility index (Phi) is 4.62. The van der Waals surface area contributed by atoms with Gasteiger partial charge in [-0.15, -0.1) is 11.3 Å². The Morgan fingerprint density at radius 1 is 1.42 bits per heavy atom. The van der Waals surface area contributed by atoms with Gasteiger partial charge in [-0.3, -0.25) is 10.1 Å². The molecule has 128 valence electrons. The number of hydrogen-bond acceptors (Lipinski definition) is 7. The first kappa shape index (κ1) is 16.1. The molecule has 2 aromatic heterocycles. The van der Waals surface area contributed by atoms with E-state index in [1.165, 1.54) is 29.1 Å². The molecule has 2 aromatic rings. The predicted molar refractivity (Wildman–Crippen MR) is 95.0 cm³/mol. The molecule has 4 heterocycles. The third kappa shape index (κ3) is 3.37. The second kappa shape index (κ2) is 6.87. The molecule has 0 radical (unpaired) electrons. The van der Waals surface area contributed by atoms with Crippen molar-refractivity contribution in [2.75, 3.05) is 25.0 Å². The van der Waals surface area contributed by atoms with Gasteiger partial charge in [0.05, 0.1) is 34.5 Å². The summed E-state index contributed by atoms with van der Waals surface area (Å²) < 4.78 is 5.43. The Morgan fingerprint density at radius 3 is 3.12 bits per heavy atom. The SMILES string of the molecule is Cc1nc(CC2CCNC2)sc1C(=O)Nc1nc2c(s1)COCC2. The normalized spacial score (nSPS) is 20.1. The van der Waals surface area contributed by atoms with Crippen LogP contribution >= 0.6 is 22.7 Å². The first-order chi connectivity index (χ1) is 11.7. The molecule has 0 bridgehead atoms. The van der Waals surface area contributed by atoms with E-state index in [1.54, 1.807) is 0 Å². The summed E-state index contributed by atoms with van der Waals surface area (Å²) in [6, 6.07) is 0. The van der Waals surface area contributed by atoms with Crippen molar-refractivity contribution >= 4 is 33.7 Å². The first-order valence-corrected chi connectivity index (χ1v) is 9.87. The number of amides is 1. The van der Waals surface area contributed by atoms with Crippen LogP contribution in [0.3, 0.4) is 0 Å². The fourth-order valence-corrected chi connectivity index (χ4v) is 5.13. The number of fused-ring (bicyclic) bond motifs is 1. The van der Waals surface area contributed by atoms with Gasteiger partial charge in [0, 0.05) is 12.8 Å². The van der Waals surface area contributed by atoms with Gasteiger partial charge in [-0.2, -0.15) is 0 Å². The van der Waals surface area contributed by atoms with Crippen LogP contribution in [-0.4, -0.2) is 35.6 Å². The van der Waals surface area contributed by atoms with Gasteiger partial charge in [0.25, 0.3) is 5.91 Å². The van der Waals surface area contributed by atoms with Gasteiger partial charge in [0.15, 0.2) is 5.13 Å². The second-order valence-electron chi connectivity index (χ2n) is 6.23. The first-order valence-electron chi connectivity index (χ1n) is 8.23. The summed E-state index contributed by atoms with van der Waals surface area (Å²) in [5, 5.41) is 8.02. The zero-order chi connectivity index (χ0) is 16.5. The summed E-state index contributed by atoms with van der Waals surface area (Å²) in [6.45, 7) is 5.34. The Labute approximate surface area is 148 Å². The lowest BCUT2D eigenvalue weighted by Gasteiger charge is -2.08. The van der Waals surface area contributed by atoms with Gasteiger partial charge in [-0.1, -0.05) is 11.3 Å². The maximum absolute atomic E-state index is 12.6. The van der Waals surface area contributed by atoms with Crippen molar-refractivity contribution in [2.45, 2.75) is 32.8 Å². The maximum Gasteiger partial charge on any atom is 0.269 e. The molecule has 6 nitrogen and oxygen atoms in total. The Hall–Kier alpha value is -1.35. The third-order valence-electron chi connectivity index (χ3n) is 4.39. The van der Waals surface area contributed by atoms with Crippen LogP contribution in [0.15, 0.2) is 0 Å². The molecule has 1 atom stereocenters. The maximum atomic E-state index is 12.6. The lowest BCUT2D eigenvalue weighted by Crippen LogP contribution is -2.11. The Balaban J connectivity index is 1.45. The predicted octanol–water partition coefficient (Wildman–Crippen LogP) is 2.39. The summed E-state index contributed by atoms with van der Waals surface area (Å²) in [6.07, 6.45) is 2.96. The number of carbonyl (C=O) groups is 1. The van der Waals surface area contributed by atoms with E-state index in [2.05, 4.69) is 20.6 Å². The summed E-state index contributed by atoms with van der Waals surface area (Å²) in [4.78, 5) is 23.5. The molecule has 1 amide bonds. The molecule has 2 aliphatic rings. The molecule has 4 rings (SSSR count). The van der Waals surface area contributed by atoms with Crippen LogP contribution in [0.1, 0.15) is 37.4 Å². The van der Waals surface area contributed by atoms with Crippen LogP contribution in [0.25, 0.3) is 0 Å². The van der Waals surface area contributed by atoms with E-state index in [9.17, 15) is 4.79 Å². The van der Waals surface area contributed by atoms with E-state index in [0.29, 0.717) is 29.1 Å². The third-order valence-corrected chi connectivity index (χ3v) is 6.55. The highest BCUT2D eigenvalue weighted by atomic mass is 32.1. The van der Waals surface area contributed by atoms with Crippen LogP contribution in [0, 0.1) is 12.8 Å². The van der Waals surface area contributed by atoms with Crippen LogP contribution in [0.5, 0.6) is 0 Å². The van der Waals surface area contributed by atoms with Gasteiger partial charge < -0.3 is 10.1 Å². The molecule has 24 heavy (non-hydrogen) atoms. The number of carbonyl (C=O) groups excluding carboxylic acids is 1. The Bertz CT molecular complexity index is 726. The summed E-state index contributed by atoms with van der Waals surface area (Å²) in [5.41, 5.74) is 1.86. The summed E-state index contributed by atoms with van der Waals surface area (Å²) in [7, 11) is 0. The molecular weight excluding hydrogens is 344 g/mol. The van der Waals surface area contributed by atoms with Crippen molar-refractivity contribution in [3.05, 3.63) is 26.1 Å². The number of anilines is 1. The van der Waals surface area contributed by atoms with Gasteiger partial charge in [0.2, 0.25) is 0 Å². The fourth-order valence-electron chi connectivity index (χ4n) is 3.12. The minimum absolute atomic E-state index is 0.104. The molecule has 2 N–H and O–H groups in total. The van der Waals surface area contributed by atoms with Crippen molar-refractivity contribution < 1.29 is 9.53 Å². The van der Waals surface area contributed by atoms with E-state index in [4.69, 9.17) is 4.74 Å². The fraction of sp³-hybridized carbons (Fsp3) is 0.562. The topological polar surface area (TPSA) is 76.1 Å². The standard InChI is InChI=1S/C16H20N4O2S2/c1-9-14(24-13(18-9)6-10-2-4-17-7-10)15(21)20-16-19-11-3-5-22-8-12(11)23-16/h10,17H,2-8H2,1H3,(H,19,20,21). The molecule has 1 saturated heterocycles. The highest BCUT2D eigenvalue weighted by molar-refractivity contribution is 7.16. The molecule has 0 spiro atoms. The lowest BCUT2D eigenvalue weighted by molar-refractivity contribution is 0.103. The summed E-state index contributed by atoms with van der Waals surface area (Å²) in [5.74, 6) is 0.532. The van der Waals surface area contributed by atoms with Crippen LogP contribution in [-0.2, 0) is 24.2 Å². The zero-order valence-corrected chi connectivity index (χ0v) is 15.2. The molecule has 8 heteroatoms. The van der Waals surface area contributed by atoms with Crippen molar-refractivity contribution in [3.63, 3.8) is 0 Å². The Morgan fingerprint density at radius 2 is 2.33 bits per heavy atom. The average Bonchev–Trinajstić information content (AvgIpc) is 3.27. The van der Waals surface area contributed by atoms with Crippen molar-refractivity contribution in [1.29, 1.82) is 0 Å². The smallest absolute Gasteiger partial charge is 0.269 e. The molecule has 0 saturated carbocycles. The van der Waals surface area contributed by atoms with Gasteiger partial charge >= 0.3 is 0 Å². The largest absolute Gasteiger partial charge is 0.375 e. The molecule has 1 fully saturated rings. The highest BCUT2D eigenvalue weighted by Gasteiger charge is 2.22. The van der Waals surface area contributed by atoms with Crippen molar-refractivity contribution in [1.82, 2.24) is 15.3 Å². The molecule has 0 aromatic carbocycles. The quantitative estimate of drug-likeness (QED) is 0.871. The van der Waals surface area contributed by atoms with E-state index in [-0.39, 0.29) is 5.91 Å². The zero-order valence-electron chi connectivity index (χ0n) is 13.6. The number of thiazole rings is 2. The molecular formula is C16H20N4O2S2. The molecule has 1 unspecified atom stereocenters. The highest BCUT2D eigenvalue weighted by Crippen LogP contribution is 2.29. The average molecular weight is 364 g/mol. The number of nitrogens with zero attached hydrogens (tertiary/aromatic N) is 2. The molecule has 2 aliphatic heterocycles. The number of ether oxygens (including phenoxy) is 1. The minimum Gasteiger partial charge on any atom is -0.375 e. The van der Waals surface area contributed by atoms with E-state index < -0.39 is 0 Å². The van der Waals surface area contributed by atoms with Crippen LogP contribution in [0.2, 0.25) is 0 Å². The summed E-state index contributed by atoms with van der Waals surface area (Å²) >= 11 is 3.01. The number of aryl methyl sites for hydroxylation is 1. The van der Waals surface area contributed by atoms with Crippen LogP contribution < -0.4 is 10.6 Å². The van der Waals surface area contributed by atoms with Crippen molar-refractivity contribution in [3.8, 4) is 0 Å². The van der Waals surface area contributed by atoms with Crippen LogP contribution in [0.4, 0.5) is 5.13 Å². The van der Waals surface area contributed by atoms with E-state index in [0.717, 1.165) is 47.2 Å². The lowest BCUT2D eigenvalue weighted by atomic mass is 10.1. The van der Waals surface area contributed by atoms with Crippen molar-refractivity contribution in [2.24, 2.45) is 5.92 Å². The second-order valence-corrected chi connectivity index (χ2v) is 8.40. The number of nitrogens with one attached hydrogen (secondary N) is 2. The minimum atomic E-state index is -0.104. The van der Waals surface area contributed by atoms with Gasteiger partial charge in [-0.05, 0) is 32.4 Å². The van der Waals surface area contributed by atoms with E-state index >= 15 is 0 Å². The number of aromatic nitrogens is 2. The van der Waals surface area contributed by atoms with Gasteiger partial charge in [0.1, 0.15) is 4.88 Å². The number of rotatable bonds is 4. The number of hydrogen-bond donors (Lipinski definition) is 2.